The quantitative estimate of drug-likeness (QED) is 0.730. The van der Waals surface area contributed by atoms with E-state index in [-0.39, 0.29) is 18.3 Å². The van der Waals surface area contributed by atoms with Gasteiger partial charge in [0.25, 0.3) is 0 Å². The fourth-order valence-corrected chi connectivity index (χ4v) is 2.01. The molecule has 0 aliphatic heterocycles. The lowest BCUT2D eigenvalue weighted by molar-refractivity contribution is 0.261. The van der Waals surface area contributed by atoms with E-state index in [4.69, 9.17) is 4.74 Å². The number of rotatable bonds is 5. The average Bonchev–Trinajstić information content (AvgIpc) is 3.03. The summed E-state index contributed by atoms with van der Waals surface area (Å²) < 4.78 is 34.3. The average molecular weight is 360 g/mol. The number of nitrogens with zero attached hydrogens (tertiary/aromatic N) is 4. The summed E-state index contributed by atoms with van der Waals surface area (Å²) in [6, 6.07) is 6.32. The number of carbonyl (C=O) groups excluding carboxylic acids is 1. The fourth-order valence-electron chi connectivity index (χ4n) is 2.01. The van der Waals surface area contributed by atoms with E-state index in [1.165, 1.54) is 18.2 Å². The number of aromatic nitrogens is 4. The van der Waals surface area contributed by atoms with Crippen molar-refractivity contribution < 1.29 is 18.3 Å². The Labute approximate surface area is 146 Å². The lowest BCUT2D eigenvalue weighted by atomic mass is 10.3. The summed E-state index contributed by atoms with van der Waals surface area (Å²) in [5.74, 6) is -1.88. The van der Waals surface area contributed by atoms with Gasteiger partial charge in [-0.1, -0.05) is 12.1 Å². The number of urea groups is 1. The standard InChI is InChI=1S/C16H14F2N6O2/c1-24-7-6-10(23-24)9-26-16-19-8-12(18)14(22-16)21-15(25)20-13-5-3-2-4-11(13)17/h2-8H,9H2,1H3,(H2,19,20,21,22,25). The molecule has 0 radical (unpaired) electrons. The number of anilines is 2. The number of para-hydroxylation sites is 1. The molecule has 2 aromatic heterocycles. The van der Waals surface area contributed by atoms with Crippen molar-refractivity contribution >= 4 is 17.5 Å². The number of benzene rings is 1. The van der Waals surface area contributed by atoms with Crippen LogP contribution in [0.4, 0.5) is 25.1 Å². The van der Waals surface area contributed by atoms with E-state index in [0.29, 0.717) is 5.69 Å². The predicted molar refractivity (Wildman–Crippen MR) is 88.6 cm³/mol. The largest absolute Gasteiger partial charge is 0.457 e. The highest BCUT2D eigenvalue weighted by Gasteiger charge is 2.13. The first-order chi connectivity index (χ1) is 12.5. The molecule has 0 atom stereocenters. The van der Waals surface area contributed by atoms with E-state index in [1.54, 1.807) is 30.1 Å². The Bertz CT molecular complexity index is 931. The van der Waals surface area contributed by atoms with E-state index >= 15 is 0 Å². The third kappa shape index (κ3) is 4.29. The molecular weight excluding hydrogens is 346 g/mol. The van der Waals surface area contributed by atoms with Crippen LogP contribution < -0.4 is 15.4 Å². The van der Waals surface area contributed by atoms with Crippen LogP contribution in [0.1, 0.15) is 5.69 Å². The van der Waals surface area contributed by atoms with Crippen molar-refractivity contribution in [3.05, 3.63) is 60.1 Å². The summed E-state index contributed by atoms with van der Waals surface area (Å²) >= 11 is 0. The molecule has 0 saturated carbocycles. The van der Waals surface area contributed by atoms with E-state index in [9.17, 15) is 13.6 Å². The number of amides is 2. The highest BCUT2D eigenvalue weighted by molar-refractivity contribution is 5.99. The maximum Gasteiger partial charge on any atom is 0.325 e. The van der Waals surface area contributed by atoms with Gasteiger partial charge < -0.3 is 10.1 Å². The van der Waals surface area contributed by atoms with E-state index in [2.05, 4.69) is 25.7 Å². The lowest BCUT2D eigenvalue weighted by Crippen LogP contribution is -2.21. The first kappa shape index (κ1) is 17.3. The van der Waals surface area contributed by atoms with Gasteiger partial charge in [-0.15, -0.1) is 0 Å². The van der Waals surface area contributed by atoms with Crippen molar-refractivity contribution in [3.8, 4) is 6.01 Å². The molecule has 0 aliphatic carbocycles. The number of ether oxygens (including phenoxy) is 1. The number of halogens is 2. The molecule has 10 heteroatoms. The molecule has 3 aromatic rings. The highest BCUT2D eigenvalue weighted by Crippen LogP contribution is 2.16. The minimum atomic E-state index is -0.862. The fraction of sp³-hybridized carbons (Fsp3) is 0.125. The second-order valence-corrected chi connectivity index (χ2v) is 5.18. The van der Waals surface area contributed by atoms with Crippen LogP contribution in [0.15, 0.2) is 42.7 Å². The molecule has 2 N–H and O–H groups in total. The Morgan fingerprint density at radius 1 is 1.19 bits per heavy atom. The molecule has 3 rings (SSSR count). The van der Waals surface area contributed by atoms with Crippen LogP contribution in [0.5, 0.6) is 6.01 Å². The molecule has 0 saturated heterocycles. The van der Waals surface area contributed by atoms with Gasteiger partial charge in [0.15, 0.2) is 11.6 Å². The van der Waals surface area contributed by atoms with Crippen LogP contribution >= 0.6 is 0 Å². The first-order valence-electron chi connectivity index (χ1n) is 7.47. The Morgan fingerprint density at radius 2 is 2.00 bits per heavy atom. The van der Waals surface area contributed by atoms with Gasteiger partial charge in [-0.25, -0.2) is 18.6 Å². The van der Waals surface area contributed by atoms with Gasteiger partial charge in [0, 0.05) is 13.2 Å². The molecule has 0 aliphatic rings. The third-order valence-corrected chi connectivity index (χ3v) is 3.19. The molecule has 8 nitrogen and oxygen atoms in total. The number of aryl methyl sites for hydroxylation is 1. The maximum atomic E-state index is 13.8. The second-order valence-electron chi connectivity index (χ2n) is 5.18. The van der Waals surface area contributed by atoms with Crippen LogP contribution in [-0.4, -0.2) is 25.8 Å². The smallest absolute Gasteiger partial charge is 0.325 e. The summed E-state index contributed by atoms with van der Waals surface area (Å²) in [6.07, 6.45) is 2.60. The molecular formula is C16H14F2N6O2. The number of carbonyl (C=O) groups is 1. The Morgan fingerprint density at radius 3 is 2.73 bits per heavy atom. The van der Waals surface area contributed by atoms with Gasteiger partial charge >= 0.3 is 12.0 Å². The van der Waals surface area contributed by atoms with Gasteiger partial charge in [-0.2, -0.15) is 10.1 Å². The summed E-state index contributed by atoms with van der Waals surface area (Å²) in [6.45, 7) is 0.0767. The van der Waals surface area contributed by atoms with Crippen molar-refractivity contribution in [2.24, 2.45) is 7.05 Å². The zero-order valence-electron chi connectivity index (χ0n) is 13.6. The summed E-state index contributed by atoms with van der Waals surface area (Å²) in [5, 5.41) is 8.56. The van der Waals surface area contributed by atoms with Crippen LogP contribution in [0.2, 0.25) is 0 Å². The molecule has 0 bridgehead atoms. The maximum absolute atomic E-state index is 13.8. The lowest BCUT2D eigenvalue weighted by Gasteiger charge is -2.09. The molecule has 0 spiro atoms. The molecule has 0 unspecified atom stereocenters. The van der Waals surface area contributed by atoms with Crippen LogP contribution in [0.3, 0.4) is 0 Å². The van der Waals surface area contributed by atoms with Crippen LogP contribution in [0.25, 0.3) is 0 Å². The number of hydrogen-bond acceptors (Lipinski definition) is 5. The van der Waals surface area contributed by atoms with Gasteiger partial charge in [0.1, 0.15) is 12.4 Å². The second kappa shape index (κ2) is 7.55. The zero-order chi connectivity index (χ0) is 18.5. The molecule has 26 heavy (non-hydrogen) atoms. The van der Waals surface area contributed by atoms with Gasteiger partial charge in [-0.05, 0) is 18.2 Å². The normalized spacial score (nSPS) is 10.4. The highest BCUT2D eigenvalue weighted by atomic mass is 19.1. The predicted octanol–water partition coefficient (Wildman–Crippen LogP) is 2.71. The molecule has 2 heterocycles. The first-order valence-corrected chi connectivity index (χ1v) is 7.47. The van der Waals surface area contributed by atoms with Crippen molar-refractivity contribution in [2.45, 2.75) is 6.61 Å². The summed E-state index contributed by atoms with van der Waals surface area (Å²) in [5.41, 5.74) is 0.582. The molecule has 0 fully saturated rings. The monoisotopic (exact) mass is 360 g/mol. The van der Waals surface area contributed by atoms with Crippen molar-refractivity contribution in [1.82, 2.24) is 19.7 Å². The minimum Gasteiger partial charge on any atom is -0.457 e. The Balaban J connectivity index is 1.65. The number of nitrogens with one attached hydrogen (secondary N) is 2. The Kier molecular flexibility index (Phi) is 5.02. The number of hydrogen-bond donors (Lipinski definition) is 2. The Hall–Kier alpha value is -3.56. The van der Waals surface area contributed by atoms with Gasteiger partial charge in [0.05, 0.1) is 17.6 Å². The topological polar surface area (TPSA) is 94.0 Å². The van der Waals surface area contributed by atoms with Crippen LogP contribution in [-0.2, 0) is 13.7 Å². The van der Waals surface area contributed by atoms with Crippen molar-refractivity contribution in [2.75, 3.05) is 10.6 Å². The summed E-state index contributed by atoms with van der Waals surface area (Å²) in [7, 11) is 1.76. The van der Waals surface area contributed by atoms with Gasteiger partial charge in [-0.3, -0.25) is 10.00 Å². The third-order valence-electron chi connectivity index (χ3n) is 3.19. The summed E-state index contributed by atoms with van der Waals surface area (Å²) in [4.78, 5) is 19.4. The molecule has 2 amide bonds. The van der Waals surface area contributed by atoms with E-state index in [0.717, 1.165) is 6.20 Å². The SMILES string of the molecule is Cn1ccc(COc2ncc(F)c(NC(=O)Nc3ccccc3F)n2)n1. The minimum absolute atomic E-state index is 0.0499. The van der Waals surface area contributed by atoms with Crippen molar-refractivity contribution in [1.29, 1.82) is 0 Å². The molecule has 1 aromatic carbocycles. The van der Waals surface area contributed by atoms with E-state index in [1.807, 2.05) is 0 Å². The molecule has 134 valence electrons. The van der Waals surface area contributed by atoms with Crippen LogP contribution in [0, 0.1) is 11.6 Å². The van der Waals surface area contributed by atoms with Gasteiger partial charge in [0.2, 0.25) is 0 Å². The van der Waals surface area contributed by atoms with Crippen molar-refractivity contribution in [3.63, 3.8) is 0 Å². The van der Waals surface area contributed by atoms with E-state index < -0.39 is 23.5 Å². The zero-order valence-corrected chi connectivity index (χ0v) is 13.6.